The van der Waals surface area contributed by atoms with E-state index in [9.17, 15) is 4.57 Å². The van der Waals surface area contributed by atoms with E-state index < -0.39 is 7.60 Å². The molecule has 2 heterocycles. The van der Waals surface area contributed by atoms with Crippen LogP contribution >= 0.6 is 7.60 Å². The fraction of sp³-hybridized carbons (Fsp3) is 0. The number of aromatic nitrogens is 2. The molecule has 3 rings (SSSR count). The SMILES string of the molecule is O=P(O)(O)c1ccc(-c2nc3ccccc3[nH]2)o1. The van der Waals surface area contributed by atoms with Crippen LogP contribution in [-0.4, -0.2) is 19.8 Å². The van der Waals surface area contributed by atoms with E-state index in [0.717, 1.165) is 11.0 Å². The Bertz CT molecular complexity index is 722. The molecule has 0 radical (unpaired) electrons. The van der Waals surface area contributed by atoms with E-state index in [-0.39, 0.29) is 5.50 Å². The second-order valence-corrected chi connectivity index (χ2v) is 5.31. The number of nitrogens with zero attached hydrogens (tertiary/aromatic N) is 1. The minimum absolute atomic E-state index is 0.296. The van der Waals surface area contributed by atoms with E-state index >= 15 is 0 Å². The summed E-state index contributed by atoms with van der Waals surface area (Å²) in [6.07, 6.45) is 0. The first kappa shape index (κ1) is 11.2. The number of hydrogen-bond acceptors (Lipinski definition) is 3. The van der Waals surface area contributed by atoms with Crippen molar-refractivity contribution in [2.24, 2.45) is 0 Å². The Labute approximate surface area is 101 Å². The van der Waals surface area contributed by atoms with E-state index in [4.69, 9.17) is 14.2 Å². The van der Waals surface area contributed by atoms with E-state index in [2.05, 4.69) is 9.97 Å². The fourth-order valence-electron chi connectivity index (χ4n) is 1.68. The lowest BCUT2D eigenvalue weighted by Gasteiger charge is -1.97. The molecule has 3 N–H and O–H groups in total. The number of aromatic amines is 1. The van der Waals surface area contributed by atoms with Crippen molar-refractivity contribution in [2.75, 3.05) is 0 Å². The molecule has 6 nitrogen and oxygen atoms in total. The molecule has 0 saturated carbocycles. The second kappa shape index (κ2) is 3.81. The van der Waals surface area contributed by atoms with Crippen LogP contribution in [0.5, 0.6) is 0 Å². The zero-order valence-electron chi connectivity index (χ0n) is 9.07. The summed E-state index contributed by atoms with van der Waals surface area (Å²) in [5.74, 6) is 0.737. The Morgan fingerprint density at radius 1 is 1.17 bits per heavy atom. The number of furan rings is 1. The van der Waals surface area contributed by atoms with Gasteiger partial charge in [-0.2, -0.15) is 0 Å². The van der Waals surface area contributed by atoms with Crippen LogP contribution < -0.4 is 5.50 Å². The van der Waals surface area contributed by atoms with Crippen molar-refractivity contribution in [1.29, 1.82) is 0 Å². The van der Waals surface area contributed by atoms with Crippen molar-refractivity contribution in [2.45, 2.75) is 0 Å². The van der Waals surface area contributed by atoms with Gasteiger partial charge in [0.25, 0.3) is 0 Å². The Balaban J connectivity index is 2.09. The molecule has 0 aliphatic heterocycles. The normalized spacial score (nSPS) is 12.1. The number of nitrogens with one attached hydrogen (secondary N) is 1. The maximum absolute atomic E-state index is 11.0. The summed E-state index contributed by atoms with van der Waals surface area (Å²) >= 11 is 0. The number of imidazole rings is 1. The molecule has 0 fully saturated rings. The van der Waals surface area contributed by atoms with Crippen LogP contribution in [0.3, 0.4) is 0 Å². The average molecular weight is 264 g/mol. The zero-order chi connectivity index (χ0) is 12.8. The lowest BCUT2D eigenvalue weighted by atomic mass is 10.3. The Morgan fingerprint density at radius 2 is 1.94 bits per heavy atom. The van der Waals surface area contributed by atoms with Crippen LogP contribution in [-0.2, 0) is 4.57 Å². The third kappa shape index (κ3) is 1.86. The number of rotatable bonds is 2. The fourth-order valence-corrected chi connectivity index (χ4v) is 2.17. The summed E-state index contributed by atoms with van der Waals surface area (Å²) in [7, 11) is -4.36. The van der Waals surface area contributed by atoms with Crippen molar-refractivity contribution < 1.29 is 18.8 Å². The largest absolute Gasteiger partial charge is 0.445 e. The van der Waals surface area contributed by atoms with Crippen molar-refractivity contribution in [3.05, 3.63) is 36.4 Å². The molecule has 0 amide bonds. The highest BCUT2D eigenvalue weighted by Gasteiger charge is 2.23. The summed E-state index contributed by atoms with van der Waals surface area (Å²) in [6, 6.07) is 10.2. The summed E-state index contributed by atoms with van der Waals surface area (Å²) < 4.78 is 16.1. The average Bonchev–Trinajstić information content (AvgIpc) is 2.94. The summed E-state index contributed by atoms with van der Waals surface area (Å²) in [4.78, 5) is 25.2. The van der Waals surface area contributed by atoms with Crippen LogP contribution in [0.25, 0.3) is 22.6 Å². The van der Waals surface area contributed by atoms with E-state index in [1.165, 1.54) is 12.1 Å². The highest BCUT2D eigenvalue weighted by atomic mass is 31.2. The highest BCUT2D eigenvalue weighted by Crippen LogP contribution is 2.35. The second-order valence-electron chi connectivity index (χ2n) is 3.78. The lowest BCUT2D eigenvalue weighted by molar-refractivity contribution is 0.377. The standard InChI is InChI=1S/C11H9N2O4P/c14-18(15,16)10-6-5-9(17-10)11-12-7-3-1-2-4-8(7)13-11/h1-6H,(H,12,13)(H2,14,15,16). The molecule has 0 aliphatic rings. The van der Waals surface area contributed by atoms with Gasteiger partial charge in [-0.15, -0.1) is 0 Å². The third-order valence-corrected chi connectivity index (χ3v) is 3.32. The molecule has 2 aromatic heterocycles. The van der Waals surface area contributed by atoms with Crippen molar-refractivity contribution in [1.82, 2.24) is 9.97 Å². The molecular formula is C11H9N2O4P. The molecule has 0 spiro atoms. The van der Waals surface area contributed by atoms with Crippen molar-refractivity contribution in [3.63, 3.8) is 0 Å². The molecule has 7 heteroatoms. The Morgan fingerprint density at radius 3 is 2.61 bits per heavy atom. The zero-order valence-corrected chi connectivity index (χ0v) is 9.96. The van der Waals surface area contributed by atoms with Crippen molar-refractivity contribution >= 4 is 24.1 Å². The number of H-pyrrole nitrogens is 1. The van der Waals surface area contributed by atoms with E-state index in [1.807, 2.05) is 24.3 Å². The van der Waals surface area contributed by atoms with Gasteiger partial charge >= 0.3 is 7.60 Å². The van der Waals surface area contributed by atoms with Gasteiger partial charge < -0.3 is 19.2 Å². The molecule has 0 atom stereocenters. The summed E-state index contributed by atoms with van der Waals surface area (Å²) in [5, 5.41) is 0. The Kier molecular flexibility index (Phi) is 2.38. The van der Waals surface area contributed by atoms with Gasteiger partial charge in [0, 0.05) is 0 Å². The molecule has 92 valence electrons. The van der Waals surface area contributed by atoms with E-state index in [0.29, 0.717) is 11.6 Å². The summed E-state index contributed by atoms with van der Waals surface area (Å²) in [5.41, 5.74) is 1.24. The number of fused-ring (bicyclic) bond motifs is 1. The smallest absolute Gasteiger partial charge is 0.391 e. The van der Waals surface area contributed by atoms with Gasteiger partial charge in [-0.25, -0.2) is 4.98 Å². The first-order valence-corrected chi connectivity index (χ1v) is 6.76. The lowest BCUT2D eigenvalue weighted by Crippen LogP contribution is -1.98. The van der Waals surface area contributed by atoms with Crippen LogP contribution in [0.4, 0.5) is 0 Å². The molecule has 0 saturated heterocycles. The Hall–Kier alpha value is -1.88. The van der Waals surface area contributed by atoms with Gasteiger partial charge in [0.1, 0.15) is 0 Å². The maximum Gasteiger partial charge on any atom is 0.391 e. The minimum Gasteiger partial charge on any atom is -0.445 e. The van der Waals surface area contributed by atoms with Crippen LogP contribution in [0.2, 0.25) is 0 Å². The predicted octanol–water partition coefficient (Wildman–Crippen LogP) is 1.63. The van der Waals surface area contributed by atoms with Crippen LogP contribution in [0.1, 0.15) is 0 Å². The van der Waals surface area contributed by atoms with Gasteiger partial charge in [0.05, 0.1) is 11.0 Å². The van der Waals surface area contributed by atoms with Crippen LogP contribution in [0, 0.1) is 0 Å². The topological polar surface area (TPSA) is 99.4 Å². The molecule has 1 aromatic carbocycles. The maximum atomic E-state index is 11.0. The molecule has 0 bridgehead atoms. The van der Waals surface area contributed by atoms with Gasteiger partial charge in [-0.3, -0.25) is 4.57 Å². The monoisotopic (exact) mass is 264 g/mol. The van der Waals surface area contributed by atoms with E-state index in [1.54, 1.807) is 0 Å². The number of hydrogen-bond donors (Lipinski definition) is 3. The summed E-state index contributed by atoms with van der Waals surface area (Å²) in [6.45, 7) is 0. The first-order chi connectivity index (χ1) is 8.54. The minimum atomic E-state index is -4.36. The highest BCUT2D eigenvalue weighted by molar-refractivity contribution is 7.59. The van der Waals surface area contributed by atoms with Gasteiger partial charge in [0.15, 0.2) is 11.6 Å². The van der Waals surface area contributed by atoms with Crippen LogP contribution in [0.15, 0.2) is 40.8 Å². The predicted molar refractivity (Wildman–Crippen MR) is 65.5 cm³/mol. The quantitative estimate of drug-likeness (QED) is 0.611. The third-order valence-electron chi connectivity index (χ3n) is 2.50. The molecule has 0 unspecified atom stereocenters. The van der Waals surface area contributed by atoms with Gasteiger partial charge in [-0.1, -0.05) is 12.1 Å². The molecular weight excluding hydrogens is 255 g/mol. The van der Waals surface area contributed by atoms with Crippen molar-refractivity contribution in [3.8, 4) is 11.6 Å². The molecule has 3 aromatic rings. The number of para-hydroxylation sites is 2. The molecule has 18 heavy (non-hydrogen) atoms. The van der Waals surface area contributed by atoms with Gasteiger partial charge in [0.2, 0.25) is 5.50 Å². The number of benzene rings is 1. The molecule has 0 aliphatic carbocycles. The first-order valence-electron chi connectivity index (χ1n) is 5.15. The van der Waals surface area contributed by atoms with Gasteiger partial charge in [-0.05, 0) is 24.3 Å².